The van der Waals surface area contributed by atoms with Crippen molar-refractivity contribution in [2.24, 2.45) is 0 Å². The number of anilines is 1. The second-order valence-electron chi connectivity index (χ2n) is 6.27. The van der Waals surface area contributed by atoms with E-state index in [-0.39, 0.29) is 24.5 Å². The second-order valence-corrected chi connectivity index (χ2v) is 7.19. The van der Waals surface area contributed by atoms with Gasteiger partial charge in [-0.15, -0.1) is 0 Å². The van der Waals surface area contributed by atoms with E-state index in [4.69, 9.17) is 9.47 Å². The van der Waals surface area contributed by atoms with Crippen LogP contribution in [0.15, 0.2) is 53.0 Å². The molecule has 0 aliphatic carbocycles. The van der Waals surface area contributed by atoms with Gasteiger partial charge in [0.1, 0.15) is 5.75 Å². The molecular formula is C20H21BrN2O4. The van der Waals surface area contributed by atoms with Crippen LogP contribution in [0.3, 0.4) is 0 Å². The van der Waals surface area contributed by atoms with E-state index in [0.717, 1.165) is 4.47 Å². The zero-order valence-corrected chi connectivity index (χ0v) is 16.6. The van der Waals surface area contributed by atoms with Gasteiger partial charge in [0.05, 0.1) is 18.3 Å². The fourth-order valence-electron chi connectivity index (χ4n) is 2.82. The molecule has 27 heavy (non-hydrogen) atoms. The van der Waals surface area contributed by atoms with Crippen molar-refractivity contribution in [3.05, 3.63) is 58.6 Å². The van der Waals surface area contributed by atoms with Crippen LogP contribution in [0.5, 0.6) is 5.75 Å². The van der Waals surface area contributed by atoms with Gasteiger partial charge in [-0.2, -0.15) is 0 Å². The standard InChI is InChI=1S/C20H21BrN2O4/c1-14-12-23(10-11-26-14)20(25)17-4-2-3-5-18(17)27-13-19(24)22-16-8-6-15(21)7-9-16/h2-9,14H,10-13H2,1H3,(H,22,24). The van der Waals surface area contributed by atoms with Crippen LogP contribution in [0.25, 0.3) is 0 Å². The maximum Gasteiger partial charge on any atom is 0.262 e. The van der Waals surface area contributed by atoms with Gasteiger partial charge in [-0.05, 0) is 43.3 Å². The third-order valence-electron chi connectivity index (χ3n) is 4.13. The first kappa shape index (κ1) is 19.4. The first-order valence-corrected chi connectivity index (χ1v) is 9.50. The van der Waals surface area contributed by atoms with Gasteiger partial charge in [-0.1, -0.05) is 28.1 Å². The Morgan fingerprint density at radius 2 is 1.96 bits per heavy atom. The molecule has 0 saturated carbocycles. The Kier molecular flexibility index (Phi) is 6.47. The normalized spacial score (nSPS) is 16.7. The predicted molar refractivity (Wildman–Crippen MR) is 106 cm³/mol. The minimum atomic E-state index is -0.292. The van der Waals surface area contributed by atoms with Crippen LogP contribution in [0.4, 0.5) is 5.69 Å². The van der Waals surface area contributed by atoms with Crippen molar-refractivity contribution in [3.63, 3.8) is 0 Å². The highest BCUT2D eigenvalue weighted by Gasteiger charge is 2.24. The lowest BCUT2D eigenvalue weighted by Crippen LogP contribution is -2.44. The average Bonchev–Trinajstić information content (AvgIpc) is 2.68. The van der Waals surface area contributed by atoms with Gasteiger partial charge in [0, 0.05) is 23.2 Å². The maximum atomic E-state index is 12.8. The number of para-hydroxylation sites is 1. The van der Waals surface area contributed by atoms with Crippen molar-refractivity contribution < 1.29 is 19.1 Å². The molecule has 1 atom stereocenters. The summed E-state index contributed by atoms with van der Waals surface area (Å²) >= 11 is 3.35. The summed E-state index contributed by atoms with van der Waals surface area (Å²) in [4.78, 5) is 26.7. The van der Waals surface area contributed by atoms with Gasteiger partial charge in [0.2, 0.25) is 0 Å². The molecule has 142 valence electrons. The third kappa shape index (κ3) is 5.30. The quantitative estimate of drug-likeness (QED) is 0.786. The lowest BCUT2D eigenvalue weighted by Gasteiger charge is -2.31. The number of benzene rings is 2. The predicted octanol–water partition coefficient (Wildman–Crippen LogP) is 3.33. The van der Waals surface area contributed by atoms with Crippen LogP contribution in [-0.2, 0) is 9.53 Å². The van der Waals surface area contributed by atoms with Gasteiger partial charge in [-0.3, -0.25) is 9.59 Å². The number of amides is 2. The molecule has 1 heterocycles. The van der Waals surface area contributed by atoms with Crippen LogP contribution in [0, 0.1) is 0 Å². The van der Waals surface area contributed by atoms with Crippen LogP contribution in [0.1, 0.15) is 17.3 Å². The molecule has 1 fully saturated rings. The molecule has 2 aromatic carbocycles. The molecule has 1 N–H and O–H groups in total. The summed E-state index contributed by atoms with van der Waals surface area (Å²) in [5.74, 6) is -0.0127. The zero-order chi connectivity index (χ0) is 19.2. The Bertz CT molecular complexity index is 810. The van der Waals surface area contributed by atoms with E-state index >= 15 is 0 Å². The van der Waals surface area contributed by atoms with E-state index in [0.29, 0.717) is 36.7 Å². The molecule has 0 spiro atoms. The Morgan fingerprint density at radius 1 is 1.22 bits per heavy atom. The number of nitrogens with one attached hydrogen (secondary N) is 1. The smallest absolute Gasteiger partial charge is 0.262 e. The molecule has 2 amide bonds. The average molecular weight is 433 g/mol. The highest BCUT2D eigenvalue weighted by molar-refractivity contribution is 9.10. The number of carbonyl (C=O) groups is 2. The molecule has 1 aliphatic heterocycles. The van der Waals surface area contributed by atoms with Crippen LogP contribution >= 0.6 is 15.9 Å². The molecule has 2 aromatic rings. The summed E-state index contributed by atoms with van der Waals surface area (Å²) in [6, 6.07) is 14.2. The Labute approximate surface area is 166 Å². The van der Waals surface area contributed by atoms with Crippen molar-refractivity contribution in [2.75, 3.05) is 31.6 Å². The summed E-state index contributed by atoms with van der Waals surface area (Å²) in [6.45, 7) is 3.36. The Hall–Kier alpha value is -2.38. The highest BCUT2D eigenvalue weighted by Crippen LogP contribution is 2.21. The lowest BCUT2D eigenvalue weighted by atomic mass is 10.1. The van der Waals surface area contributed by atoms with E-state index in [1.54, 1.807) is 41.3 Å². The van der Waals surface area contributed by atoms with E-state index in [1.807, 2.05) is 19.1 Å². The molecule has 0 radical (unpaired) electrons. The minimum absolute atomic E-state index is 0.00691. The number of ether oxygens (including phenoxy) is 2. The minimum Gasteiger partial charge on any atom is -0.483 e. The van der Waals surface area contributed by atoms with Crippen molar-refractivity contribution >= 4 is 33.4 Å². The second kappa shape index (κ2) is 9.01. The molecule has 3 rings (SSSR count). The fraction of sp³-hybridized carbons (Fsp3) is 0.300. The van der Waals surface area contributed by atoms with E-state index in [2.05, 4.69) is 21.2 Å². The maximum absolute atomic E-state index is 12.8. The number of hydrogen-bond donors (Lipinski definition) is 1. The number of carbonyl (C=O) groups excluding carboxylic acids is 2. The van der Waals surface area contributed by atoms with Gasteiger partial charge in [0.25, 0.3) is 11.8 Å². The summed E-state index contributed by atoms with van der Waals surface area (Å²) in [6.07, 6.45) is 0.00691. The number of halogens is 1. The zero-order valence-electron chi connectivity index (χ0n) is 15.0. The molecule has 0 bridgehead atoms. The van der Waals surface area contributed by atoms with Crippen LogP contribution < -0.4 is 10.1 Å². The molecular weight excluding hydrogens is 412 g/mol. The SMILES string of the molecule is CC1CN(C(=O)c2ccccc2OCC(=O)Nc2ccc(Br)cc2)CCO1. The Balaban J connectivity index is 1.62. The number of rotatable bonds is 5. The molecule has 7 heteroatoms. The number of morpholine rings is 1. The summed E-state index contributed by atoms with van der Waals surface area (Å²) < 4.78 is 12.1. The molecule has 0 aromatic heterocycles. The van der Waals surface area contributed by atoms with Gasteiger partial charge < -0.3 is 19.7 Å². The van der Waals surface area contributed by atoms with Gasteiger partial charge in [-0.25, -0.2) is 0 Å². The Morgan fingerprint density at radius 3 is 2.70 bits per heavy atom. The van der Waals surface area contributed by atoms with Crippen molar-refractivity contribution in [2.45, 2.75) is 13.0 Å². The first-order chi connectivity index (χ1) is 13.0. The van der Waals surface area contributed by atoms with Crippen LogP contribution in [0.2, 0.25) is 0 Å². The molecule has 1 unspecified atom stereocenters. The van der Waals surface area contributed by atoms with Crippen molar-refractivity contribution in [3.8, 4) is 5.75 Å². The monoisotopic (exact) mass is 432 g/mol. The third-order valence-corrected chi connectivity index (χ3v) is 4.66. The topological polar surface area (TPSA) is 67.9 Å². The largest absolute Gasteiger partial charge is 0.483 e. The first-order valence-electron chi connectivity index (χ1n) is 8.71. The van der Waals surface area contributed by atoms with Crippen LogP contribution in [-0.4, -0.2) is 49.1 Å². The molecule has 6 nitrogen and oxygen atoms in total. The van der Waals surface area contributed by atoms with Gasteiger partial charge in [0.15, 0.2) is 6.61 Å². The lowest BCUT2D eigenvalue weighted by molar-refractivity contribution is -0.118. The van der Waals surface area contributed by atoms with E-state index in [1.165, 1.54) is 0 Å². The molecule has 1 saturated heterocycles. The van der Waals surface area contributed by atoms with Crippen molar-refractivity contribution in [1.29, 1.82) is 0 Å². The van der Waals surface area contributed by atoms with E-state index < -0.39 is 0 Å². The van der Waals surface area contributed by atoms with E-state index in [9.17, 15) is 9.59 Å². The fourth-order valence-corrected chi connectivity index (χ4v) is 3.08. The summed E-state index contributed by atoms with van der Waals surface area (Å²) in [5, 5.41) is 2.76. The summed E-state index contributed by atoms with van der Waals surface area (Å²) in [7, 11) is 0. The van der Waals surface area contributed by atoms with Crippen molar-refractivity contribution in [1.82, 2.24) is 4.90 Å². The summed E-state index contributed by atoms with van der Waals surface area (Å²) in [5.41, 5.74) is 1.13. The highest BCUT2D eigenvalue weighted by atomic mass is 79.9. The van der Waals surface area contributed by atoms with Gasteiger partial charge >= 0.3 is 0 Å². The molecule has 1 aliphatic rings. The number of hydrogen-bond acceptors (Lipinski definition) is 4. The number of nitrogens with zero attached hydrogens (tertiary/aromatic N) is 1.